The molecule has 1 fully saturated rings. The molecule has 0 aromatic heterocycles. The Kier molecular flexibility index (Phi) is 4.01. The fourth-order valence-corrected chi connectivity index (χ4v) is 2.45. The molecule has 0 saturated carbocycles. The van der Waals surface area contributed by atoms with Crippen molar-refractivity contribution in [3.8, 4) is 0 Å². The fourth-order valence-electron chi connectivity index (χ4n) is 2.45. The molecule has 1 aromatic rings. The number of methoxy groups -OCH3 is 1. The molecule has 2 rings (SSSR count). The molecule has 0 aliphatic carbocycles. The quantitative estimate of drug-likeness (QED) is 0.778. The Morgan fingerprint density at radius 2 is 1.80 bits per heavy atom. The number of hydrogen-bond acceptors (Lipinski definition) is 3. The van der Waals surface area contributed by atoms with Gasteiger partial charge in [-0.2, -0.15) is 0 Å². The van der Waals surface area contributed by atoms with Crippen LogP contribution < -0.4 is 0 Å². The summed E-state index contributed by atoms with van der Waals surface area (Å²) in [6, 6.07) is 2.68. The normalized spacial score (nSPS) is 21.9. The van der Waals surface area contributed by atoms with Gasteiger partial charge in [0.2, 0.25) is 0 Å². The first kappa shape index (κ1) is 14.4. The average Bonchev–Trinajstić information content (AvgIpc) is 2.78. The Morgan fingerprint density at radius 1 is 1.20 bits per heavy atom. The lowest BCUT2D eigenvalue weighted by atomic mass is 9.99. The molecule has 6 heteroatoms. The van der Waals surface area contributed by atoms with Gasteiger partial charge in [-0.1, -0.05) is 6.92 Å². The van der Waals surface area contributed by atoms with Crippen LogP contribution in [0.15, 0.2) is 18.2 Å². The Labute approximate surface area is 115 Å². The minimum Gasteiger partial charge on any atom is -0.469 e. The summed E-state index contributed by atoms with van der Waals surface area (Å²) in [6.07, 6.45) is 0. The largest absolute Gasteiger partial charge is 0.469 e. The molecular weight excluding hydrogens is 268 g/mol. The maximum absolute atomic E-state index is 13.1. The van der Waals surface area contributed by atoms with Gasteiger partial charge < -0.3 is 9.64 Å². The van der Waals surface area contributed by atoms with Gasteiger partial charge in [-0.3, -0.25) is 9.59 Å². The van der Waals surface area contributed by atoms with E-state index in [1.807, 2.05) is 6.92 Å². The van der Waals surface area contributed by atoms with E-state index in [-0.39, 0.29) is 24.0 Å². The summed E-state index contributed by atoms with van der Waals surface area (Å²) in [5.41, 5.74) is -0.0554. The highest BCUT2D eigenvalue weighted by atomic mass is 19.1. The minimum atomic E-state index is -0.801. The van der Waals surface area contributed by atoms with Crippen molar-refractivity contribution in [3.05, 3.63) is 35.4 Å². The number of halogens is 2. The molecule has 1 saturated heterocycles. The maximum Gasteiger partial charge on any atom is 0.310 e. The summed E-state index contributed by atoms with van der Waals surface area (Å²) < 4.78 is 30.9. The number of nitrogens with zero attached hydrogens (tertiary/aromatic N) is 1. The van der Waals surface area contributed by atoms with E-state index >= 15 is 0 Å². The van der Waals surface area contributed by atoms with Gasteiger partial charge in [0.15, 0.2) is 0 Å². The highest BCUT2D eigenvalue weighted by Crippen LogP contribution is 2.25. The molecule has 1 aromatic carbocycles. The van der Waals surface area contributed by atoms with E-state index in [9.17, 15) is 18.4 Å². The molecule has 2 atom stereocenters. The highest BCUT2D eigenvalue weighted by Gasteiger charge is 2.38. The van der Waals surface area contributed by atoms with Gasteiger partial charge in [0.05, 0.1) is 13.0 Å². The minimum absolute atomic E-state index is 0.0511. The second-order valence-electron chi connectivity index (χ2n) is 4.98. The van der Waals surface area contributed by atoms with Gasteiger partial charge in [0.25, 0.3) is 5.91 Å². The van der Waals surface area contributed by atoms with E-state index < -0.39 is 23.5 Å². The van der Waals surface area contributed by atoms with Crippen LogP contribution in [-0.4, -0.2) is 37.0 Å². The number of rotatable bonds is 2. The van der Waals surface area contributed by atoms with E-state index in [2.05, 4.69) is 4.74 Å². The summed E-state index contributed by atoms with van der Waals surface area (Å²) in [7, 11) is 1.29. The van der Waals surface area contributed by atoms with Gasteiger partial charge in [-0.05, 0) is 18.1 Å². The third kappa shape index (κ3) is 2.79. The van der Waals surface area contributed by atoms with E-state index in [4.69, 9.17) is 0 Å². The van der Waals surface area contributed by atoms with Crippen LogP contribution in [0.5, 0.6) is 0 Å². The van der Waals surface area contributed by atoms with Crippen molar-refractivity contribution in [2.75, 3.05) is 20.2 Å². The zero-order valence-corrected chi connectivity index (χ0v) is 11.2. The Hall–Kier alpha value is -1.98. The van der Waals surface area contributed by atoms with Crippen molar-refractivity contribution in [2.24, 2.45) is 11.8 Å². The Morgan fingerprint density at radius 3 is 2.35 bits per heavy atom. The van der Waals surface area contributed by atoms with Crippen LogP contribution in [0.1, 0.15) is 17.3 Å². The van der Waals surface area contributed by atoms with Gasteiger partial charge >= 0.3 is 5.97 Å². The number of carbonyl (C=O) groups is 2. The number of hydrogen-bond donors (Lipinski definition) is 0. The standard InChI is InChI=1S/C14H15F2NO3/c1-8-6-17(7-12(8)14(19)20-2)13(18)9-3-10(15)5-11(16)4-9/h3-5,8,12H,6-7H2,1-2H3. The Bertz CT molecular complexity index is 527. The summed E-state index contributed by atoms with van der Waals surface area (Å²) in [5, 5.41) is 0. The molecule has 1 aliphatic rings. The van der Waals surface area contributed by atoms with E-state index in [0.29, 0.717) is 12.6 Å². The highest BCUT2D eigenvalue weighted by molar-refractivity contribution is 5.95. The Balaban J connectivity index is 2.16. The van der Waals surface area contributed by atoms with E-state index in [1.54, 1.807) is 0 Å². The van der Waals surface area contributed by atoms with Crippen LogP contribution in [0.3, 0.4) is 0 Å². The average molecular weight is 283 g/mol. The molecule has 0 radical (unpaired) electrons. The first-order chi connectivity index (χ1) is 9.42. The number of esters is 1. The van der Waals surface area contributed by atoms with Crippen molar-refractivity contribution in [2.45, 2.75) is 6.92 Å². The number of carbonyl (C=O) groups excluding carboxylic acids is 2. The number of ether oxygens (including phenoxy) is 1. The van der Waals surface area contributed by atoms with Gasteiger partial charge in [-0.15, -0.1) is 0 Å². The molecule has 0 spiro atoms. The lowest BCUT2D eigenvalue weighted by molar-refractivity contribution is -0.146. The lowest BCUT2D eigenvalue weighted by Crippen LogP contribution is -2.30. The van der Waals surface area contributed by atoms with Crippen molar-refractivity contribution in [1.82, 2.24) is 4.90 Å². The van der Waals surface area contributed by atoms with Crippen LogP contribution in [0.2, 0.25) is 0 Å². The van der Waals surface area contributed by atoms with Crippen LogP contribution in [-0.2, 0) is 9.53 Å². The molecule has 4 nitrogen and oxygen atoms in total. The number of likely N-dealkylation sites (tertiary alicyclic amines) is 1. The second kappa shape index (κ2) is 5.56. The third-order valence-electron chi connectivity index (χ3n) is 3.51. The molecule has 0 N–H and O–H groups in total. The van der Waals surface area contributed by atoms with Crippen molar-refractivity contribution in [1.29, 1.82) is 0 Å². The zero-order valence-electron chi connectivity index (χ0n) is 11.2. The monoisotopic (exact) mass is 283 g/mol. The molecule has 0 bridgehead atoms. The maximum atomic E-state index is 13.1. The van der Waals surface area contributed by atoms with Crippen LogP contribution in [0.25, 0.3) is 0 Å². The zero-order chi connectivity index (χ0) is 14.9. The summed E-state index contributed by atoms with van der Waals surface area (Å²) >= 11 is 0. The lowest BCUT2D eigenvalue weighted by Gasteiger charge is -2.16. The molecule has 1 amide bonds. The number of amides is 1. The SMILES string of the molecule is COC(=O)C1CN(C(=O)c2cc(F)cc(F)c2)CC1C. The first-order valence-corrected chi connectivity index (χ1v) is 6.25. The first-order valence-electron chi connectivity index (χ1n) is 6.25. The second-order valence-corrected chi connectivity index (χ2v) is 4.98. The molecule has 1 heterocycles. The summed E-state index contributed by atoms with van der Waals surface area (Å²) in [4.78, 5) is 25.2. The van der Waals surface area contributed by atoms with Crippen LogP contribution in [0, 0.1) is 23.5 Å². The molecule has 108 valence electrons. The fraction of sp³-hybridized carbons (Fsp3) is 0.429. The number of benzene rings is 1. The van der Waals surface area contributed by atoms with Gasteiger partial charge in [0.1, 0.15) is 11.6 Å². The predicted molar refractivity (Wildman–Crippen MR) is 66.9 cm³/mol. The summed E-state index contributed by atoms with van der Waals surface area (Å²) in [5.74, 6) is -2.91. The third-order valence-corrected chi connectivity index (χ3v) is 3.51. The molecular formula is C14H15F2NO3. The topological polar surface area (TPSA) is 46.6 Å². The van der Waals surface area contributed by atoms with Crippen LogP contribution in [0.4, 0.5) is 8.78 Å². The van der Waals surface area contributed by atoms with E-state index in [1.165, 1.54) is 12.0 Å². The molecule has 20 heavy (non-hydrogen) atoms. The van der Waals surface area contributed by atoms with Crippen molar-refractivity contribution < 1.29 is 23.1 Å². The summed E-state index contributed by atoms with van der Waals surface area (Å²) in [6.45, 7) is 2.39. The van der Waals surface area contributed by atoms with E-state index in [0.717, 1.165) is 12.1 Å². The smallest absolute Gasteiger partial charge is 0.310 e. The molecule has 1 aliphatic heterocycles. The predicted octanol–water partition coefficient (Wildman–Crippen LogP) is 1.85. The van der Waals surface area contributed by atoms with Gasteiger partial charge in [-0.25, -0.2) is 8.78 Å². The van der Waals surface area contributed by atoms with Gasteiger partial charge in [0, 0.05) is 24.7 Å². The van der Waals surface area contributed by atoms with Crippen molar-refractivity contribution in [3.63, 3.8) is 0 Å². The van der Waals surface area contributed by atoms with Crippen LogP contribution >= 0.6 is 0 Å². The van der Waals surface area contributed by atoms with Crippen molar-refractivity contribution >= 4 is 11.9 Å². The molecule has 2 unspecified atom stereocenters.